The number of aliphatic carboxylic acids is 1. The van der Waals surface area contributed by atoms with Gasteiger partial charge in [0.15, 0.2) is 0 Å². The number of methoxy groups -OCH3 is 1. The quantitative estimate of drug-likeness (QED) is 0.771. The van der Waals surface area contributed by atoms with E-state index in [9.17, 15) is 14.7 Å². The lowest BCUT2D eigenvalue weighted by atomic mass is 9.84. The van der Waals surface area contributed by atoms with Crippen molar-refractivity contribution in [2.75, 3.05) is 13.7 Å². The summed E-state index contributed by atoms with van der Waals surface area (Å²) in [7, 11) is 1.61. The second kappa shape index (κ2) is 6.37. The zero-order valence-electron chi connectivity index (χ0n) is 11.5. The molecular formula is C14H23NO4. The lowest BCUT2D eigenvalue weighted by molar-refractivity contribution is -0.150. The van der Waals surface area contributed by atoms with E-state index in [1.165, 1.54) is 6.42 Å². The Hall–Kier alpha value is -1.10. The minimum Gasteiger partial charge on any atom is -0.480 e. The Bertz CT molecular complexity index is 344. The van der Waals surface area contributed by atoms with Crippen LogP contribution in [0.5, 0.6) is 0 Å². The zero-order chi connectivity index (χ0) is 13.8. The monoisotopic (exact) mass is 269 g/mol. The number of hydrogen-bond donors (Lipinski definition) is 1. The first-order valence-corrected chi connectivity index (χ1v) is 7.18. The topological polar surface area (TPSA) is 66.8 Å². The number of ether oxygens (including phenoxy) is 1. The normalized spacial score (nSPS) is 30.2. The lowest BCUT2D eigenvalue weighted by Gasteiger charge is -2.33. The molecule has 1 saturated heterocycles. The van der Waals surface area contributed by atoms with E-state index in [2.05, 4.69) is 0 Å². The van der Waals surface area contributed by atoms with E-state index in [0.29, 0.717) is 31.8 Å². The Kier molecular flexibility index (Phi) is 4.80. The van der Waals surface area contributed by atoms with Gasteiger partial charge < -0.3 is 14.7 Å². The fraction of sp³-hybridized carbons (Fsp3) is 0.857. The Labute approximate surface area is 113 Å². The van der Waals surface area contributed by atoms with Crippen LogP contribution in [0.1, 0.15) is 44.9 Å². The third kappa shape index (κ3) is 3.08. The molecule has 5 heteroatoms. The fourth-order valence-corrected chi connectivity index (χ4v) is 3.54. The molecule has 19 heavy (non-hydrogen) atoms. The molecule has 1 aliphatic heterocycles. The van der Waals surface area contributed by atoms with Gasteiger partial charge in [-0.15, -0.1) is 0 Å². The number of carboxylic acids is 1. The number of carbonyl (C=O) groups is 2. The molecule has 0 bridgehead atoms. The van der Waals surface area contributed by atoms with Crippen LogP contribution in [0.2, 0.25) is 0 Å². The van der Waals surface area contributed by atoms with Crippen molar-refractivity contribution >= 4 is 11.9 Å². The Morgan fingerprint density at radius 1 is 1.32 bits per heavy atom. The number of carbonyl (C=O) groups excluding carboxylic acids is 1. The molecule has 2 rings (SSSR count). The molecule has 1 amide bonds. The molecule has 2 fully saturated rings. The summed E-state index contributed by atoms with van der Waals surface area (Å²) in [6.07, 6.45) is 5.99. The van der Waals surface area contributed by atoms with Crippen LogP contribution in [0.4, 0.5) is 0 Å². The molecule has 1 heterocycles. The van der Waals surface area contributed by atoms with Gasteiger partial charge in [0.1, 0.15) is 6.04 Å². The van der Waals surface area contributed by atoms with Gasteiger partial charge in [-0.1, -0.05) is 12.8 Å². The fourth-order valence-electron chi connectivity index (χ4n) is 3.54. The summed E-state index contributed by atoms with van der Waals surface area (Å²) in [5, 5.41) is 9.33. The third-order valence-corrected chi connectivity index (χ3v) is 4.40. The molecule has 0 spiro atoms. The first kappa shape index (κ1) is 14.3. The number of likely N-dealkylation sites (tertiary alicyclic amines) is 1. The average molecular weight is 269 g/mol. The van der Waals surface area contributed by atoms with Crippen LogP contribution >= 0.6 is 0 Å². The van der Waals surface area contributed by atoms with Gasteiger partial charge in [0, 0.05) is 26.2 Å². The van der Waals surface area contributed by atoms with Crippen molar-refractivity contribution in [2.45, 2.75) is 57.0 Å². The minimum absolute atomic E-state index is 0.0150. The molecule has 0 radical (unpaired) electrons. The first-order valence-electron chi connectivity index (χ1n) is 7.18. The summed E-state index contributed by atoms with van der Waals surface area (Å²) in [5.74, 6) is -0.477. The molecule has 0 aromatic carbocycles. The van der Waals surface area contributed by atoms with E-state index >= 15 is 0 Å². The van der Waals surface area contributed by atoms with Gasteiger partial charge in [0.25, 0.3) is 0 Å². The summed E-state index contributed by atoms with van der Waals surface area (Å²) < 4.78 is 4.95. The molecule has 1 saturated carbocycles. The maximum Gasteiger partial charge on any atom is 0.326 e. The van der Waals surface area contributed by atoms with Gasteiger partial charge >= 0.3 is 5.97 Å². The van der Waals surface area contributed by atoms with Crippen molar-refractivity contribution in [3.63, 3.8) is 0 Å². The Morgan fingerprint density at radius 3 is 2.74 bits per heavy atom. The van der Waals surface area contributed by atoms with Crippen molar-refractivity contribution in [1.82, 2.24) is 4.90 Å². The molecule has 5 nitrogen and oxygen atoms in total. The van der Waals surface area contributed by atoms with Crippen molar-refractivity contribution in [3.8, 4) is 0 Å². The highest BCUT2D eigenvalue weighted by Gasteiger charge is 2.47. The van der Waals surface area contributed by atoms with Crippen molar-refractivity contribution in [3.05, 3.63) is 0 Å². The maximum absolute atomic E-state index is 12.3. The number of rotatable bonds is 5. The highest BCUT2D eigenvalue weighted by atomic mass is 16.5. The predicted octanol–water partition coefficient (Wildman–Crippen LogP) is 1.66. The average Bonchev–Trinajstić information content (AvgIpc) is 2.78. The molecule has 1 aliphatic carbocycles. The van der Waals surface area contributed by atoms with Gasteiger partial charge in [-0.2, -0.15) is 0 Å². The molecule has 108 valence electrons. The molecule has 0 aromatic heterocycles. The third-order valence-electron chi connectivity index (χ3n) is 4.40. The van der Waals surface area contributed by atoms with E-state index in [-0.39, 0.29) is 11.9 Å². The SMILES string of the molecule is COCCCC(=O)N1[C@H](C(=O)O)C[C@@H]2CCCC[C@@H]21. The highest BCUT2D eigenvalue weighted by molar-refractivity contribution is 5.84. The van der Waals surface area contributed by atoms with Gasteiger partial charge in [-0.3, -0.25) is 4.79 Å². The Balaban J connectivity index is 2.04. The van der Waals surface area contributed by atoms with E-state index in [4.69, 9.17) is 4.74 Å². The van der Waals surface area contributed by atoms with Crippen LogP contribution in [-0.2, 0) is 14.3 Å². The summed E-state index contributed by atoms with van der Waals surface area (Å²) in [5.41, 5.74) is 0. The highest BCUT2D eigenvalue weighted by Crippen LogP contribution is 2.40. The zero-order valence-corrected chi connectivity index (χ0v) is 11.5. The van der Waals surface area contributed by atoms with Gasteiger partial charge in [-0.05, 0) is 31.6 Å². The predicted molar refractivity (Wildman–Crippen MR) is 69.7 cm³/mol. The molecule has 0 aromatic rings. The maximum atomic E-state index is 12.3. The first-order chi connectivity index (χ1) is 9.15. The van der Waals surface area contributed by atoms with E-state index in [1.54, 1.807) is 12.0 Å². The molecular weight excluding hydrogens is 246 g/mol. The lowest BCUT2D eigenvalue weighted by Crippen LogP contribution is -2.46. The minimum atomic E-state index is -0.852. The van der Waals surface area contributed by atoms with Crippen LogP contribution in [-0.4, -0.2) is 47.7 Å². The van der Waals surface area contributed by atoms with Crippen molar-refractivity contribution < 1.29 is 19.4 Å². The second-order valence-corrected chi connectivity index (χ2v) is 5.60. The number of nitrogens with zero attached hydrogens (tertiary/aromatic N) is 1. The largest absolute Gasteiger partial charge is 0.480 e. The van der Waals surface area contributed by atoms with Crippen molar-refractivity contribution in [2.24, 2.45) is 5.92 Å². The van der Waals surface area contributed by atoms with E-state index in [0.717, 1.165) is 19.3 Å². The molecule has 2 aliphatic rings. The van der Waals surface area contributed by atoms with Gasteiger partial charge in [0.2, 0.25) is 5.91 Å². The molecule has 0 unspecified atom stereocenters. The Morgan fingerprint density at radius 2 is 2.05 bits per heavy atom. The number of fused-ring (bicyclic) bond motifs is 1. The van der Waals surface area contributed by atoms with Crippen LogP contribution in [0.15, 0.2) is 0 Å². The van der Waals surface area contributed by atoms with Crippen LogP contribution in [0, 0.1) is 5.92 Å². The summed E-state index contributed by atoms with van der Waals surface area (Å²) in [6, 6.07) is -0.451. The summed E-state index contributed by atoms with van der Waals surface area (Å²) in [6.45, 7) is 0.547. The number of hydrogen-bond acceptors (Lipinski definition) is 3. The smallest absolute Gasteiger partial charge is 0.326 e. The van der Waals surface area contributed by atoms with Crippen LogP contribution in [0.25, 0.3) is 0 Å². The molecule has 3 atom stereocenters. The standard InChI is InChI=1S/C14H23NO4/c1-19-8-4-7-13(16)15-11-6-3-2-5-10(11)9-12(15)14(17)18/h10-12H,2-9H2,1H3,(H,17,18)/t10-,11-,12-/m0/s1. The van der Waals surface area contributed by atoms with Crippen LogP contribution < -0.4 is 0 Å². The van der Waals surface area contributed by atoms with Gasteiger partial charge in [0.05, 0.1) is 0 Å². The van der Waals surface area contributed by atoms with E-state index < -0.39 is 12.0 Å². The number of carboxylic acid groups (broad SMARTS) is 1. The van der Waals surface area contributed by atoms with E-state index in [1.807, 2.05) is 0 Å². The van der Waals surface area contributed by atoms with Crippen LogP contribution in [0.3, 0.4) is 0 Å². The second-order valence-electron chi connectivity index (χ2n) is 5.60. The van der Waals surface area contributed by atoms with Gasteiger partial charge in [-0.25, -0.2) is 4.79 Å². The molecule has 1 N–H and O–H groups in total. The van der Waals surface area contributed by atoms with Crippen molar-refractivity contribution in [1.29, 1.82) is 0 Å². The number of amides is 1. The summed E-state index contributed by atoms with van der Waals surface area (Å²) >= 11 is 0. The summed E-state index contributed by atoms with van der Waals surface area (Å²) in [4.78, 5) is 25.3.